The minimum atomic E-state index is -0.982. The number of hydrogen-bond acceptors (Lipinski definition) is 5. The van der Waals surface area contributed by atoms with E-state index in [-0.39, 0.29) is 25.0 Å². The highest BCUT2D eigenvalue weighted by molar-refractivity contribution is 5.96. The van der Waals surface area contributed by atoms with Crippen LogP contribution in [0.4, 0.5) is 0 Å². The number of ether oxygens (including phenoxy) is 1. The average molecular weight is 469 g/mol. The summed E-state index contributed by atoms with van der Waals surface area (Å²) in [4.78, 5) is 28.3. The van der Waals surface area contributed by atoms with Gasteiger partial charge in [0.05, 0.1) is 18.6 Å². The molecule has 4 unspecified atom stereocenters. The van der Waals surface area contributed by atoms with Crippen molar-refractivity contribution in [1.82, 2.24) is 10.2 Å². The number of allylic oxidation sites excluding steroid dienone is 1. The molecule has 0 aromatic heterocycles. The van der Waals surface area contributed by atoms with Crippen molar-refractivity contribution in [1.29, 1.82) is 0 Å². The number of para-hydroxylation sites is 1. The third kappa shape index (κ3) is 5.05. The largest absolute Gasteiger partial charge is 0.486 e. The number of rotatable bonds is 7. The zero-order chi connectivity index (χ0) is 24.2. The van der Waals surface area contributed by atoms with Gasteiger partial charge in [0.15, 0.2) is 0 Å². The van der Waals surface area contributed by atoms with Gasteiger partial charge in [-0.1, -0.05) is 43.0 Å². The molecule has 3 aliphatic rings. The Morgan fingerprint density at radius 1 is 1.18 bits per heavy atom. The van der Waals surface area contributed by atoms with Crippen molar-refractivity contribution >= 4 is 11.8 Å². The summed E-state index contributed by atoms with van der Waals surface area (Å²) in [6.07, 6.45) is 7.34. The summed E-state index contributed by atoms with van der Waals surface area (Å²) in [5, 5.41) is 23.5. The van der Waals surface area contributed by atoms with Crippen molar-refractivity contribution in [2.45, 2.75) is 70.1 Å². The number of nitrogens with zero attached hydrogens (tertiary/aromatic N) is 1. The fourth-order valence-electron chi connectivity index (χ4n) is 5.53. The summed E-state index contributed by atoms with van der Waals surface area (Å²) < 4.78 is 6.17. The van der Waals surface area contributed by atoms with Gasteiger partial charge in [0.2, 0.25) is 11.8 Å². The van der Waals surface area contributed by atoms with Gasteiger partial charge in [0, 0.05) is 30.3 Å². The number of carbonyl (C=O) groups excluding carboxylic acids is 2. The summed E-state index contributed by atoms with van der Waals surface area (Å²) in [6, 6.07) is 6.82. The second kappa shape index (κ2) is 10.7. The van der Waals surface area contributed by atoms with Crippen molar-refractivity contribution in [3.8, 4) is 5.75 Å². The lowest BCUT2D eigenvalue weighted by Gasteiger charge is -2.42. The molecule has 3 N–H and O–H groups in total. The second-order valence-electron chi connectivity index (χ2n) is 9.90. The van der Waals surface area contributed by atoms with Crippen molar-refractivity contribution in [2.75, 3.05) is 19.7 Å². The van der Waals surface area contributed by atoms with E-state index in [4.69, 9.17) is 4.74 Å². The monoisotopic (exact) mass is 468 g/mol. The average Bonchev–Trinajstić information content (AvgIpc) is 3.22. The van der Waals surface area contributed by atoms with Crippen molar-refractivity contribution in [3.05, 3.63) is 53.1 Å². The van der Waals surface area contributed by atoms with E-state index in [1.807, 2.05) is 38.1 Å². The third-order valence-corrected chi connectivity index (χ3v) is 7.11. The molecule has 7 heteroatoms. The molecule has 1 heterocycles. The van der Waals surface area contributed by atoms with Crippen molar-refractivity contribution in [2.24, 2.45) is 5.92 Å². The predicted molar refractivity (Wildman–Crippen MR) is 129 cm³/mol. The van der Waals surface area contributed by atoms with Gasteiger partial charge < -0.3 is 25.2 Å². The minimum Gasteiger partial charge on any atom is -0.486 e. The zero-order valence-corrected chi connectivity index (χ0v) is 20.1. The first kappa shape index (κ1) is 24.5. The van der Waals surface area contributed by atoms with Crippen molar-refractivity contribution < 1.29 is 24.5 Å². The van der Waals surface area contributed by atoms with Gasteiger partial charge in [-0.25, -0.2) is 0 Å². The minimum absolute atomic E-state index is 0.131. The maximum absolute atomic E-state index is 13.4. The number of nitrogens with one attached hydrogen (secondary N) is 1. The van der Waals surface area contributed by atoms with Crippen LogP contribution in [0.5, 0.6) is 5.75 Å². The van der Waals surface area contributed by atoms with Gasteiger partial charge in [0.1, 0.15) is 18.0 Å². The molecule has 4 atom stereocenters. The van der Waals surface area contributed by atoms with Crippen LogP contribution in [0.25, 0.3) is 0 Å². The Labute approximate surface area is 201 Å². The predicted octanol–water partition coefficient (Wildman–Crippen LogP) is 2.68. The number of hydrogen-bond donors (Lipinski definition) is 3. The number of aliphatic hydroxyl groups is 2. The topological polar surface area (TPSA) is 99.1 Å². The van der Waals surface area contributed by atoms with E-state index in [0.29, 0.717) is 23.8 Å². The highest BCUT2D eigenvalue weighted by atomic mass is 16.5. The SMILES string of the molecule is CC(C)=CC(=O)N(CC1CCCCC1)C1C=C(C(=O)NCCO)C2c3ccccc3OC2C1O. The van der Waals surface area contributed by atoms with Crippen LogP contribution in [-0.2, 0) is 9.59 Å². The molecule has 184 valence electrons. The number of fused-ring (bicyclic) bond motifs is 3. The summed E-state index contributed by atoms with van der Waals surface area (Å²) in [5.74, 6) is 0.113. The molecule has 1 saturated carbocycles. The van der Waals surface area contributed by atoms with Gasteiger partial charge in [-0.05, 0) is 44.7 Å². The van der Waals surface area contributed by atoms with Crippen molar-refractivity contribution in [3.63, 3.8) is 0 Å². The Hall–Kier alpha value is -2.64. The van der Waals surface area contributed by atoms with E-state index in [0.717, 1.165) is 36.8 Å². The second-order valence-corrected chi connectivity index (χ2v) is 9.90. The van der Waals surface area contributed by atoms with Crippen LogP contribution in [0.2, 0.25) is 0 Å². The van der Waals surface area contributed by atoms with Gasteiger partial charge in [0.25, 0.3) is 0 Å². The lowest BCUT2D eigenvalue weighted by molar-refractivity contribution is -0.133. The van der Waals surface area contributed by atoms with E-state index in [9.17, 15) is 19.8 Å². The molecular weight excluding hydrogens is 432 g/mol. The van der Waals surface area contributed by atoms with Gasteiger partial charge in [-0.2, -0.15) is 0 Å². The molecule has 4 rings (SSSR count). The van der Waals surface area contributed by atoms with E-state index in [2.05, 4.69) is 5.32 Å². The summed E-state index contributed by atoms with van der Waals surface area (Å²) in [7, 11) is 0. The Kier molecular flexibility index (Phi) is 7.73. The first-order chi connectivity index (χ1) is 16.4. The molecular formula is C27H36N2O5. The molecule has 0 spiro atoms. The Balaban J connectivity index is 1.73. The smallest absolute Gasteiger partial charge is 0.247 e. The molecule has 0 saturated heterocycles. The molecule has 0 radical (unpaired) electrons. The Bertz CT molecular complexity index is 962. The Morgan fingerprint density at radius 2 is 1.91 bits per heavy atom. The number of amides is 2. The first-order valence-corrected chi connectivity index (χ1v) is 12.4. The van der Waals surface area contributed by atoms with E-state index in [1.54, 1.807) is 17.1 Å². The highest BCUT2D eigenvalue weighted by Gasteiger charge is 2.50. The van der Waals surface area contributed by atoms with Crippen LogP contribution in [-0.4, -0.2) is 64.9 Å². The standard InChI is InChI=1S/C27H36N2O5/c1-17(2)14-23(31)29(16-18-8-4-3-5-9-18)21-15-20(27(33)28-12-13-30)24-19-10-6-7-11-22(19)34-26(24)25(21)32/h6-7,10-11,14-15,18,21,24-26,30,32H,3-5,8-9,12-13,16H2,1-2H3,(H,28,33). The van der Waals surface area contributed by atoms with Gasteiger partial charge in [-0.3, -0.25) is 9.59 Å². The molecule has 34 heavy (non-hydrogen) atoms. The molecule has 0 bridgehead atoms. The molecule has 1 aliphatic heterocycles. The third-order valence-electron chi connectivity index (χ3n) is 7.11. The number of aliphatic hydroxyl groups excluding tert-OH is 2. The summed E-state index contributed by atoms with van der Waals surface area (Å²) in [5.41, 5.74) is 2.21. The number of benzene rings is 1. The first-order valence-electron chi connectivity index (χ1n) is 12.4. The van der Waals surface area contributed by atoms with Crippen LogP contribution < -0.4 is 10.1 Å². The molecule has 1 aromatic carbocycles. The molecule has 1 fully saturated rings. The summed E-state index contributed by atoms with van der Waals surface area (Å²) in [6.45, 7) is 4.26. The van der Waals surface area contributed by atoms with Gasteiger partial charge in [-0.15, -0.1) is 0 Å². The Morgan fingerprint density at radius 3 is 2.62 bits per heavy atom. The highest BCUT2D eigenvalue weighted by Crippen LogP contribution is 2.47. The molecule has 2 amide bonds. The lowest BCUT2D eigenvalue weighted by Crippen LogP contribution is -2.56. The fraction of sp³-hybridized carbons (Fsp3) is 0.556. The quantitative estimate of drug-likeness (QED) is 0.535. The summed E-state index contributed by atoms with van der Waals surface area (Å²) >= 11 is 0. The lowest BCUT2D eigenvalue weighted by atomic mass is 9.77. The maximum atomic E-state index is 13.4. The maximum Gasteiger partial charge on any atom is 0.247 e. The van der Waals surface area contributed by atoms with Crippen LogP contribution in [0, 0.1) is 5.92 Å². The van der Waals surface area contributed by atoms with Crippen LogP contribution >= 0.6 is 0 Å². The van der Waals surface area contributed by atoms with E-state index in [1.165, 1.54) is 6.42 Å². The van der Waals surface area contributed by atoms with E-state index < -0.39 is 24.2 Å². The molecule has 7 nitrogen and oxygen atoms in total. The van der Waals surface area contributed by atoms with Crippen LogP contribution in [0.1, 0.15) is 57.4 Å². The van der Waals surface area contributed by atoms with Crippen LogP contribution in [0.3, 0.4) is 0 Å². The van der Waals surface area contributed by atoms with Crippen LogP contribution in [0.15, 0.2) is 47.6 Å². The number of carbonyl (C=O) groups is 2. The normalized spacial score (nSPS) is 25.9. The molecule has 2 aliphatic carbocycles. The van der Waals surface area contributed by atoms with Gasteiger partial charge >= 0.3 is 0 Å². The van der Waals surface area contributed by atoms with E-state index >= 15 is 0 Å². The fourth-order valence-corrected chi connectivity index (χ4v) is 5.53. The zero-order valence-electron chi connectivity index (χ0n) is 20.1. The molecule has 1 aromatic rings.